The number of hydrogen-bond acceptors (Lipinski definition) is 3. The highest BCUT2D eigenvalue weighted by Gasteiger charge is 2.22. The molecule has 1 aliphatic carbocycles. The van der Waals surface area contributed by atoms with Gasteiger partial charge in [0.25, 0.3) is 5.91 Å². The van der Waals surface area contributed by atoms with Crippen LogP contribution in [0, 0.1) is 5.92 Å². The van der Waals surface area contributed by atoms with Gasteiger partial charge in [-0.15, -0.1) is 0 Å². The normalized spacial score (nSPS) is 16.1. The minimum absolute atomic E-state index is 0.0620. The van der Waals surface area contributed by atoms with E-state index in [0.717, 1.165) is 31.2 Å². The highest BCUT2D eigenvalue weighted by molar-refractivity contribution is 5.94. The Morgan fingerprint density at radius 3 is 2.43 bits per heavy atom. The second-order valence-electron chi connectivity index (χ2n) is 6.16. The van der Waals surface area contributed by atoms with Gasteiger partial charge < -0.3 is 15.7 Å². The Bertz CT molecular complexity index is 518. The zero-order valence-electron chi connectivity index (χ0n) is 13.7. The summed E-state index contributed by atoms with van der Waals surface area (Å²) in [6.07, 6.45) is 4.97. The van der Waals surface area contributed by atoms with Crippen molar-refractivity contribution in [3.8, 4) is 0 Å². The Kier molecular flexibility index (Phi) is 6.59. The van der Waals surface area contributed by atoms with E-state index in [1.807, 2.05) is 19.1 Å². The Morgan fingerprint density at radius 1 is 1.22 bits per heavy atom. The molecule has 0 spiro atoms. The summed E-state index contributed by atoms with van der Waals surface area (Å²) >= 11 is 0. The van der Waals surface area contributed by atoms with Crippen LogP contribution in [0.1, 0.15) is 54.9 Å². The molecule has 1 fully saturated rings. The first-order valence-corrected chi connectivity index (χ1v) is 8.42. The number of carbonyl (C=O) groups is 2. The molecule has 1 saturated carbocycles. The van der Waals surface area contributed by atoms with Crippen molar-refractivity contribution < 1.29 is 14.7 Å². The van der Waals surface area contributed by atoms with Gasteiger partial charge in [0.1, 0.15) is 0 Å². The first-order chi connectivity index (χ1) is 11.1. The van der Waals surface area contributed by atoms with E-state index in [9.17, 15) is 9.59 Å². The number of aliphatic hydroxyl groups is 1. The molecule has 126 valence electrons. The van der Waals surface area contributed by atoms with Crippen LogP contribution < -0.4 is 10.6 Å². The summed E-state index contributed by atoms with van der Waals surface area (Å²) in [6, 6.07) is 6.98. The number of aliphatic hydroxyl groups excluding tert-OH is 1. The van der Waals surface area contributed by atoms with Gasteiger partial charge in [-0.05, 0) is 37.0 Å². The summed E-state index contributed by atoms with van der Waals surface area (Å²) < 4.78 is 0. The molecule has 0 aliphatic heterocycles. The molecule has 3 N–H and O–H groups in total. The van der Waals surface area contributed by atoms with E-state index in [2.05, 4.69) is 10.6 Å². The lowest BCUT2D eigenvalue weighted by Gasteiger charge is -2.14. The molecule has 0 radical (unpaired) electrons. The maximum Gasteiger partial charge on any atom is 0.251 e. The van der Waals surface area contributed by atoms with Crippen molar-refractivity contribution in [1.29, 1.82) is 0 Å². The molecule has 0 aromatic heterocycles. The quantitative estimate of drug-likeness (QED) is 0.719. The fourth-order valence-electron chi connectivity index (χ4n) is 2.84. The lowest BCUT2D eigenvalue weighted by molar-refractivity contribution is -0.124. The van der Waals surface area contributed by atoms with Crippen LogP contribution in [-0.2, 0) is 11.3 Å². The van der Waals surface area contributed by atoms with Gasteiger partial charge in [0.15, 0.2) is 0 Å². The van der Waals surface area contributed by atoms with Gasteiger partial charge in [0, 0.05) is 18.0 Å². The van der Waals surface area contributed by atoms with Gasteiger partial charge in [0.2, 0.25) is 5.91 Å². The molecular weight excluding hydrogens is 292 g/mol. The Hall–Kier alpha value is -1.88. The minimum atomic E-state index is -0.215. The number of amides is 2. The minimum Gasteiger partial charge on any atom is -0.394 e. The van der Waals surface area contributed by atoms with Crippen molar-refractivity contribution >= 4 is 11.8 Å². The van der Waals surface area contributed by atoms with Crippen LogP contribution in [0.25, 0.3) is 0 Å². The summed E-state index contributed by atoms with van der Waals surface area (Å²) in [5.41, 5.74) is 1.53. The highest BCUT2D eigenvalue weighted by Crippen LogP contribution is 2.24. The standard InChI is InChI=1S/C18H26N2O3/c1-2-16(12-21)20-18(23)15-9-7-13(8-10-15)11-19-17(22)14-5-3-4-6-14/h7-10,14,16,21H,2-6,11-12H2,1H3,(H,19,22)(H,20,23). The smallest absolute Gasteiger partial charge is 0.251 e. The van der Waals surface area contributed by atoms with E-state index >= 15 is 0 Å². The van der Waals surface area contributed by atoms with Gasteiger partial charge in [-0.2, -0.15) is 0 Å². The average molecular weight is 318 g/mol. The lowest BCUT2D eigenvalue weighted by Crippen LogP contribution is -2.36. The molecule has 5 nitrogen and oxygen atoms in total. The van der Waals surface area contributed by atoms with E-state index in [0.29, 0.717) is 18.5 Å². The monoisotopic (exact) mass is 318 g/mol. The maximum atomic E-state index is 12.0. The molecule has 5 heteroatoms. The third-order valence-corrected chi connectivity index (χ3v) is 4.46. The Morgan fingerprint density at radius 2 is 1.87 bits per heavy atom. The first-order valence-electron chi connectivity index (χ1n) is 8.42. The van der Waals surface area contributed by atoms with Crippen molar-refractivity contribution in [2.24, 2.45) is 5.92 Å². The van der Waals surface area contributed by atoms with Crippen LogP contribution in [0.2, 0.25) is 0 Å². The fraction of sp³-hybridized carbons (Fsp3) is 0.556. The third-order valence-electron chi connectivity index (χ3n) is 4.46. The molecule has 0 heterocycles. The average Bonchev–Trinajstić information content (AvgIpc) is 3.12. The fourth-order valence-corrected chi connectivity index (χ4v) is 2.84. The van der Waals surface area contributed by atoms with Crippen molar-refractivity contribution in [1.82, 2.24) is 10.6 Å². The van der Waals surface area contributed by atoms with Gasteiger partial charge >= 0.3 is 0 Å². The summed E-state index contributed by atoms with van der Waals surface area (Å²) in [5, 5.41) is 14.9. The van der Waals surface area contributed by atoms with Crippen molar-refractivity contribution in [2.75, 3.05) is 6.61 Å². The molecule has 1 aliphatic rings. The molecule has 1 unspecified atom stereocenters. The molecule has 2 rings (SSSR count). The highest BCUT2D eigenvalue weighted by atomic mass is 16.3. The second kappa shape index (κ2) is 8.67. The van der Waals surface area contributed by atoms with Crippen LogP contribution >= 0.6 is 0 Å². The zero-order valence-corrected chi connectivity index (χ0v) is 13.7. The molecule has 23 heavy (non-hydrogen) atoms. The summed E-state index contributed by atoms with van der Waals surface area (Å²) in [4.78, 5) is 24.0. The number of nitrogens with one attached hydrogen (secondary N) is 2. The summed E-state index contributed by atoms with van der Waals surface area (Å²) in [7, 11) is 0. The van der Waals surface area contributed by atoms with Crippen LogP contribution in [0.3, 0.4) is 0 Å². The Labute approximate surface area is 137 Å². The van der Waals surface area contributed by atoms with Gasteiger partial charge in [-0.1, -0.05) is 31.9 Å². The van der Waals surface area contributed by atoms with Crippen LogP contribution in [0.15, 0.2) is 24.3 Å². The predicted molar refractivity (Wildman–Crippen MR) is 88.9 cm³/mol. The van der Waals surface area contributed by atoms with Crippen molar-refractivity contribution in [3.05, 3.63) is 35.4 Å². The second-order valence-corrected chi connectivity index (χ2v) is 6.16. The summed E-state index contributed by atoms with van der Waals surface area (Å²) in [5.74, 6) is 0.120. The van der Waals surface area contributed by atoms with E-state index < -0.39 is 0 Å². The topological polar surface area (TPSA) is 78.4 Å². The molecule has 0 bridgehead atoms. The molecule has 1 atom stereocenters. The van der Waals surface area contributed by atoms with Crippen LogP contribution in [-0.4, -0.2) is 29.6 Å². The maximum absolute atomic E-state index is 12.0. The molecule has 2 amide bonds. The van der Waals surface area contributed by atoms with Gasteiger partial charge in [-0.25, -0.2) is 0 Å². The lowest BCUT2D eigenvalue weighted by atomic mass is 10.1. The number of hydrogen-bond donors (Lipinski definition) is 3. The van der Waals surface area contributed by atoms with Crippen molar-refractivity contribution in [2.45, 2.75) is 51.6 Å². The molecular formula is C18H26N2O3. The van der Waals surface area contributed by atoms with Gasteiger partial charge in [0.05, 0.1) is 12.6 Å². The predicted octanol–water partition coefficient (Wildman–Crippen LogP) is 1.99. The molecule has 1 aromatic carbocycles. The zero-order chi connectivity index (χ0) is 16.7. The van der Waals surface area contributed by atoms with E-state index in [1.165, 1.54) is 0 Å². The number of benzene rings is 1. The van der Waals surface area contributed by atoms with Crippen LogP contribution in [0.5, 0.6) is 0 Å². The van der Waals surface area contributed by atoms with E-state index in [1.54, 1.807) is 12.1 Å². The van der Waals surface area contributed by atoms with Crippen molar-refractivity contribution in [3.63, 3.8) is 0 Å². The molecule has 0 saturated heterocycles. The van der Waals surface area contributed by atoms with Gasteiger partial charge in [-0.3, -0.25) is 9.59 Å². The number of rotatable bonds is 7. The summed E-state index contributed by atoms with van der Waals surface area (Å²) in [6.45, 7) is 2.34. The van der Waals surface area contributed by atoms with E-state index in [-0.39, 0.29) is 30.4 Å². The molecule has 1 aromatic rings. The largest absolute Gasteiger partial charge is 0.394 e. The Balaban J connectivity index is 1.84. The third kappa shape index (κ3) is 5.06. The van der Waals surface area contributed by atoms with Crippen LogP contribution in [0.4, 0.5) is 0 Å². The number of carbonyl (C=O) groups excluding carboxylic acids is 2. The van der Waals surface area contributed by atoms with E-state index in [4.69, 9.17) is 5.11 Å². The first kappa shape index (κ1) is 17.5. The SMILES string of the molecule is CCC(CO)NC(=O)c1ccc(CNC(=O)C2CCCC2)cc1.